The number of hydrogen-bond acceptors (Lipinski definition) is 4. The zero-order chi connectivity index (χ0) is 15.2. The molecule has 1 unspecified atom stereocenters. The lowest BCUT2D eigenvalue weighted by Gasteiger charge is -2.09. The van der Waals surface area contributed by atoms with Gasteiger partial charge in [0.05, 0.1) is 18.3 Å². The Morgan fingerprint density at radius 3 is 2.62 bits per heavy atom. The maximum absolute atomic E-state index is 11.8. The summed E-state index contributed by atoms with van der Waals surface area (Å²) in [6.45, 7) is 3.83. The van der Waals surface area contributed by atoms with Gasteiger partial charge in [0, 0.05) is 11.9 Å². The average Bonchev–Trinajstić information content (AvgIpc) is 2.46. The minimum atomic E-state index is -0.520. The van der Waals surface area contributed by atoms with Crippen LogP contribution in [-0.4, -0.2) is 21.1 Å². The third-order valence-electron chi connectivity index (χ3n) is 2.91. The summed E-state index contributed by atoms with van der Waals surface area (Å²) < 4.78 is 0. The van der Waals surface area contributed by atoms with Crippen molar-refractivity contribution < 1.29 is 9.90 Å². The Bertz CT molecular complexity index is 611. The Morgan fingerprint density at radius 2 is 2.00 bits per heavy atom. The van der Waals surface area contributed by atoms with Gasteiger partial charge >= 0.3 is 6.03 Å². The number of nitrogens with zero attached hydrogens (tertiary/aromatic N) is 2. The van der Waals surface area contributed by atoms with Gasteiger partial charge in [-0.1, -0.05) is 12.1 Å². The summed E-state index contributed by atoms with van der Waals surface area (Å²) in [6.07, 6.45) is 1.14. The first-order chi connectivity index (χ1) is 10.0. The maximum atomic E-state index is 11.8. The number of nitrogens with one attached hydrogen (secondary N) is 2. The van der Waals surface area contributed by atoms with Crippen LogP contribution < -0.4 is 10.6 Å². The molecule has 1 aromatic carbocycles. The molecule has 0 bridgehead atoms. The fourth-order valence-electron chi connectivity index (χ4n) is 1.79. The lowest BCUT2D eigenvalue weighted by molar-refractivity contribution is 0.199. The van der Waals surface area contributed by atoms with Crippen LogP contribution in [0.1, 0.15) is 30.1 Å². The highest BCUT2D eigenvalue weighted by Gasteiger charge is 2.04. The van der Waals surface area contributed by atoms with Gasteiger partial charge in [-0.3, -0.25) is 0 Å². The van der Waals surface area contributed by atoms with Gasteiger partial charge in [0.15, 0.2) is 0 Å². The van der Waals surface area contributed by atoms with E-state index >= 15 is 0 Å². The van der Waals surface area contributed by atoms with Crippen molar-refractivity contribution in [1.82, 2.24) is 15.3 Å². The van der Waals surface area contributed by atoms with E-state index < -0.39 is 6.10 Å². The van der Waals surface area contributed by atoms with Gasteiger partial charge in [-0.25, -0.2) is 14.8 Å². The summed E-state index contributed by atoms with van der Waals surface area (Å²) in [6, 6.07) is 8.48. The molecular weight excluding hydrogens is 268 g/mol. The third kappa shape index (κ3) is 4.54. The molecule has 2 aromatic rings. The number of benzene rings is 1. The van der Waals surface area contributed by atoms with Crippen molar-refractivity contribution in [1.29, 1.82) is 0 Å². The number of carbonyl (C=O) groups excluding carboxylic acids is 1. The highest BCUT2D eigenvalue weighted by atomic mass is 16.3. The summed E-state index contributed by atoms with van der Waals surface area (Å²) in [5, 5.41) is 14.9. The van der Waals surface area contributed by atoms with Gasteiger partial charge < -0.3 is 15.7 Å². The zero-order valence-electron chi connectivity index (χ0n) is 12.0. The smallest absolute Gasteiger partial charge is 0.319 e. The van der Waals surface area contributed by atoms with Crippen molar-refractivity contribution in [3.63, 3.8) is 0 Å². The molecule has 2 amide bonds. The molecule has 0 radical (unpaired) electrons. The Kier molecular flexibility index (Phi) is 4.84. The van der Waals surface area contributed by atoms with E-state index in [1.54, 1.807) is 50.4 Å². The van der Waals surface area contributed by atoms with E-state index in [1.807, 2.05) is 0 Å². The van der Waals surface area contributed by atoms with Crippen LogP contribution in [0.25, 0.3) is 0 Å². The van der Waals surface area contributed by atoms with Gasteiger partial charge in [-0.2, -0.15) is 0 Å². The lowest BCUT2D eigenvalue weighted by Crippen LogP contribution is -2.28. The minimum absolute atomic E-state index is 0.309. The summed E-state index contributed by atoms with van der Waals surface area (Å²) in [5.74, 6) is 0.670. The molecule has 110 valence electrons. The molecule has 0 aliphatic rings. The van der Waals surface area contributed by atoms with Gasteiger partial charge in [-0.15, -0.1) is 0 Å². The van der Waals surface area contributed by atoms with Crippen molar-refractivity contribution in [2.45, 2.75) is 26.5 Å². The second kappa shape index (κ2) is 6.81. The molecule has 1 aromatic heterocycles. The quantitative estimate of drug-likeness (QED) is 0.803. The minimum Gasteiger partial charge on any atom is -0.389 e. The van der Waals surface area contributed by atoms with Crippen molar-refractivity contribution in [3.8, 4) is 0 Å². The van der Waals surface area contributed by atoms with E-state index in [0.29, 0.717) is 18.1 Å². The molecule has 0 spiro atoms. The summed E-state index contributed by atoms with van der Waals surface area (Å²) >= 11 is 0. The van der Waals surface area contributed by atoms with E-state index in [9.17, 15) is 9.90 Å². The molecule has 2 rings (SSSR count). The highest BCUT2D eigenvalue weighted by Crippen LogP contribution is 2.15. The molecule has 0 aliphatic carbocycles. The Labute approximate surface area is 123 Å². The van der Waals surface area contributed by atoms with Crippen molar-refractivity contribution in [3.05, 3.63) is 53.6 Å². The van der Waals surface area contributed by atoms with Crippen LogP contribution in [0.3, 0.4) is 0 Å². The number of aliphatic hydroxyl groups is 1. The molecule has 6 nitrogen and oxygen atoms in total. The molecule has 21 heavy (non-hydrogen) atoms. The zero-order valence-corrected chi connectivity index (χ0v) is 12.0. The largest absolute Gasteiger partial charge is 0.389 e. The first kappa shape index (κ1) is 14.9. The monoisotopic (exact) mass is 286 g/mol. The number of aromatic nitrogens is 2. The first-order valence-electron chi connectivity index (χ1n) is 6.66. The molecular formula is C15H18N4O2. The standard InChI is InChI=1S/C15H18N4O2/c1-10(20)12-3-5-13(6-4-12)19-15(21)17-9-14-7-8-16-11(2)18-14/h3-8,10,20H,9H2,1-2H3,(H2,17,19,21). The topological polar surface area (TPSA) is 87.1 Å². The third-order valence-corrected chi connectivity index (χ3v) is 2.91. The van der Waals surface area contributed by atoms with E-state index in [0.717, 1.165) is 11.3 Å². The van der Waals surface area contributed by atoms with Crippen molar-refractivity contribution in [2.24, 2.45) is 0 Å². The van der Waals surface area contributed by atoms with Crippen LogP contribution in [-0.2, 0) is 6.54 Å². The van der Waals surface area contributed by atoms with E-state index in [-0.39, 0.29) is 6.03 Å². The molecule has 0 aliphatic heterocycles. The normalized spacial score (nSPS) is 11.8. The molecule has 6 heteroatoms. The lowest BCUT2D eigenvalue weighted by atomic mass is 10.1. The summed E-state index contributed by atoms with van der Waals surface area (Å²) in [5.41, 5.74) is 2.22. The number of hydrogen-bond donors (Lipinski definition) is 3. The van der Waals surface area contributed by atoms with E-state index in [4.69, 9.17) is 0 Å². The van der Waals surface area contributed by atoms with Crippen LogP contribution in [0.4, 0.5) is 10.5 Å². The summed E-state index contributed by atoms with van der Waals surface area (Å²) in [7, 11) is 0. The van der Waals surface area contributed by atoms with Crippen molar-refractivity contribution >= 4 is 11.7 Å². The number of carbonyl (C=O) groups is 1. The van der Waals surface area contributed by atoms with E-state index in [2.05, 4.69) is 20.6 Å². The Hall–Kier alpha value is -2.47. The second-order valence-corrected chi connectivity index (χ2v) is 4.70. The van der Waals surface area contributed by atoms with Crippen LogP contribution >= 0.6 is 0 Å². The number of anilines is 1. The Balaban J connectivity index is 1.87. The Morgan fingerprint density at radius 1 is 1.29 bits per heavy atom. The molecule has 1 atom stereocenters. The van der Waals surface area contributed by atoms with E-state index in [1.165, 1.54) is 0 Å². The summed E-state index contributed by atoms with van der Waals surface area (Å²) in [4.78, 5) is 20.0. The predicted octanol–water partition coefficient (Wildman–Crippen LogP) is 2.16. The van der Waals surface area contributed by atoms with Gasteiger partial charge in [0.2, 0.25) is 0 Å². The van der Waals surface area contributed by atoms with Gasteiger partial charge in [0.1, 0.15) is 5.82 Å². The molecule has 3 N–H and O–H groups in total. The van der Waals surface area contributed by atoms with Crippen LogP contribution in [0, 0.1) is 6.92 Å². The maximum Gasteiger partial charge on any atom is 0.319 e. The van der Waals surface area contributed by atoms with Crippen LogP contribution in [0.2, 0.25) is 0 Å². The van der Waals surface area contributed by atoms with Crippen molar-refractivity contribution in [2.75, 3.05) is 5.32 Å². The van der Waals surface area contributed by atoms with Crippen LogP contribution in [0.5, 0.6) is 0 Å². The number of urea groups is 1. The number of aliphatic hydroxyl groups excluding tert-OH is 1. The number of aryl methyl sites for hydroxylation is 1. The van der Waals surface area contributed by atoms with Gasteiger partial charge in [-0.05, 0) is 37.6 Å². The number of rotatable bonds is 4. The fourth-order valence-corrected chi connectivity index (χ4v) is 1.79. The van der Waals surface area contributed by atoms with Crippen LogP contribution in [0.15, 0.2) is 36.5 Å². The molecule has 0 saturated carbocycles. The van der Waals surface area contributed by atoms with Gasteiger partial charge in [0.25, 0.3) is 0 Å². The second-order valence-electron chi connectivity index (χ2n) is 4.70. The fraction of sp³-hybridized carbons (Fsp3) is 0.267. The molecule has 0 saturated heterocycles. The number of amides is 2. The first-order valence-corrected chi connectivity index (χ1v) is 6.66. The molecule has 0 fully saturated rings. The molecule has 1 heterocycles. The SMILES string of the molecule is Cc1nccc(CNC(=O)Nc2ccc(C(C)O)cc2)n1. The highest BCUT2D eigenvalue weighted by molar-refractivity contribution is 5.89. The predicted molar refractivity (Wildman–Crippen MR) is 79.7 cm³/mol. The average molecular weight is 286 g/mol.